The second-order valence-corrected chi connectivity index (χ2v) is 7.75. The van der Waals surface area contributed by atoms with E-state index >= 15 is 0 Å². The van der Waals surface area contributed by atoms with Gasteiger partial charge < -0.3 is 10.6 Å². The molecule has 26 heavy (non-hydrogen) atoms. The third-order valence-electron chi connectivity index (χ3n) is 3.94. The zero-order chi connectivity index (χ0) is 18.8. The number of thiophene rings is 1. The first-order valence-electron chi connectivity index (χ1n) is 8.48. The lowest BCUT2D eigenvalue weighted by atomic mass is 10.1. The topological polar surface area (TPSA) is 76.0 Å². The Labute approximate surface area is 156 Å². The highest BCUT2D eigenvalue weighted by Crippen LogP contribution is 2.28. The quantitative estimate of drug-likeness (QED) is 0.707. The predicted molar refractivity (Wildman–Crippen MR) is 106 cm³/mol. The first-order chi connectivity index (χ1) is 12.3. The molecule has 0 saturated heterocycles. The van der Waals surface area contributed by atoms with Crippen molar-refractivity contribution in [1.82, 2.24) is 9.78 Å². The van der Waals surface area contributed by atoms with Gasteiger partial charge in [-0.15, -0.1) is 11.3 Å². The normalized spacial score (nSPS) is 11.1. The molecule has 0 atom stereocenters. The van der Waals surface area contributed by atoms with Gasteiger partial charge in [-0.2, -0.15) is 5.10 Å². The van der Waals surface area contributed by atoms with E-state index in [2.05, 4.69) is 15.7 Å². The zero-order valence-electron chi connectivity index (χ0n) is 15.3. The summed E-state index contributed by atoms with van der Waals surface area (Å²) in [7, 11) is 1.87. The van der Waals surface area contributed by atoms with Crippen LogP contribution in [0.1, 0.15) is 35.6 Å². The second kappa shape index (κ2) is 7.29. The van der Waals surface area contributed by atoms with E-state index in [1.165, 1.54) is 11.3 Å². The van der Waals surface area contributed by atoms with Crippen LogP contribution in [-0.2, 0) is 11.8 Å². The molecule has 0 aliphatic heterocycles. The molecule has 0 fully saturated rings. The van der Waals surface area contributed by atoms with Gasteiger partial charge in [-0.05, 0) is 43.2 Å². The van der Waals surface area contributed by atoms with E-state index in [0.29, 0.717) is 22.9 Å². The number of aryl methyl sites for hydroxylation is 2. The van der Waals surface area contributed by atoms with Gasteiger partial charge in [0.1, 0.15) is 4.83 Å². The zero-order valence-corrected chi connectivity index (χ0v) is 16.1. The van der Waals surface area contributed by atoms with Crippen LogP contribution < -0.4 is 10.6 Å². The lowest BCUT2D eigenvalue weighted by Gasteiger charge is -2.08. The Kier molecular flexibility index (Phi) is 5.08. The minimum absolute atomic E-state index is 0.00830. The van der Waals surface area contributed by atoms with Crippen LogP contribution in [0, 0.1) is 12.8 Å². The number of nitrogens with zero attached hydrogens (tertiary/aromatic N) is 2. The van der Waals surface area contributed by atoms with Crippen LogP contribution in [0.5, 0.6) is 0 Å². The molecule has 0 saturated carbocycles. The van der Waals surface area contributed by atoms with Crippen LogP contribution in [0.15, 0.2) is 30.3 Å². The summed E-state index contributed by atoms with van der Waals surface area (Å²) in [6.45, 7) is 5.94. The highest BCUT2D eigenvalue weighted by atomic mass is 32.1. The van der Waals surface area contributed by atoms with Crippen molar-refractivity contribution in [3.8, 4) is 0 Å². The van der Waals surface area contributed by atoms with Crippen LogP contribution in [0.3, 0.4) is 0 Å². The van der Waals surface area contributed by atoms with E-state index in [1.807, 2.05) is 33.9 Å². The number of carbonyl (C=O) groups excluding carboxylic acids is 2. The Morgan fingerprint density at radius 3 is 2.35 bits per heavy atom. The molecule has 2 N–H and O–H groups in total. The number of aromatic nitrogens is 2. The summed E-state index contributed by atoms with van der Waals surface area (Å²) in [6.07, 6.45) is 0.485. The van der Waals surface area contributed by atoms with Crippen LogP contribution >= 0.6 is 11.3 Å². The molecule has 3 aromatic rings. The number of carbonyl (C=O) groups is 2. The van der Waals surface area contributed by atoms with Crippen molar-refractivity contribution in [2.45, 2.75) is 27.2 Å². The summed E-state index contributed by atoms with van der Waals surface area (Å²) in [4.78, 5) is 25.9. The van der Waals surface area contributed by atoms with Crippen LogP contribution in [0.4, 0.5) is 11.4 Å². The van der Waals surface area contributed by atoms with Gasteiger partial charge in [0.2, 0.25) is 5.91 Å². The van der Waals surface area contributed by atoms with Crippen molar-refractivity contribution < 1.29 is 9.59 Å². The lowest BCUT2D eigenvalue weighted by molar-refractivity contribution is -0.116. The average Bonchev–Trinajstić information content (AvgIpc) is 3.11. The minimum atomic E-state index is -0.151. The largest absolute Gasteiger partial charge is 0.326 e. The van der Waals surface area contributed by atoms with Crippen LogP contribution in [0.2, 0.25) is 0 Å². The van der Waals surface area contributed by atoms with Crippen molar-refractivity contribution >= 4 is 44.7 Å². The smallest absolute Gasteiger partial charge is 0.265 e. The first kappa shape index (κ1) is 18.1. The third kappa shape index (κ3) is 3.94. The number of hydrogen-bond donors (Lipinski definition) is 2. The summed E-state index contributed by atoms with van der Waals surface area (Å²) >= 11 is 1.42. The molecule has 136 valence electrons. The molecule has 2 amide bonds. The van der Waals surface area contributed by atoms with Gasteiger partial charge in [-0.25, -0.2) is 0 Å². The Bertz CT molecular complexity index is 919. The maximum atomic E-state index is 12.5. The molecular formula is C19H22N4O2S. The molecule has 6 nitrogen and oxygen atoms in total. The van der Waals surface area contributed by atoms with Gasteiger partial charge >= 0.3 is 0 Å². The fourth-order valence-corrected chi connectivity index (χ4v) is 3.75. The lowest BCUT2D eigenvalue weighted by Crippen LogP contribution is -2.14. The molecule has 0 aliphatic rings. The molecular weight excluding hydrogens is 348 g/mol. The van der Waals surface area contributed by atoms with Crippen molar-refractivity contribution in [2.75, 3.05) is 10.6 Å². The minimum Gasteiger partial charge on any atom is -0.326 e. The maximum Gasteiger partial charge on any atom is 0.265 e. The molecule has 0 spiro atoms. The molecule has 2 heterocycles. The molecule has 0 aliphatic carbocycles. The number of anilines is 2. The Morgan fingerprint density at radius 1 is 1.15 bits per heavy atom. The van der Waals surface area contributed by atoms with Gasteiger partial charge in [0.25, 0.3) is 5.91 Å². The molecule has 2 aromatic heterocycles. The third-order valence-corrected chi connectivity index (χ3v) is 5.14. The second-order valence-electron chi connectivity index (χ2n) is 6.72. The summed E-state index contributed by atoms with van der Waals surface area (Å²) in [6, 6.07) is 9.00. The summed E-state index contributed by atoms with van der Waals surface area (Å²) in [5.41, 5.74) is 2.32. The van der Waals surface area contributed by atoms with E-state index in [1.54, 1.807) is 28.9 Å². The number of benzene rings is 1. The molecule has 1 aromatic carbocycles. The average molecular weight is 370 g/mol. The fraction of sp³-hybridized carbons (Fsp3) is 0.316. The number of fused-ring (bicyclic) bond motifs is 1. The fourth-order valence-electron chi connectivity index (χ4n) is 2.73. The van der Waals surface area contributed by atoms with E-state index in [0.717, 1.165) is 21.6 Å². The highest BCUT2D eigenvalue weighted by Gasteiger charge is 2.15. The van der Waals surface area contributed by atoms with Crippen molar-refractivity contribution in [2.24, 2.45) is 13.0 Å². The summed E-state index contributed by atoms with van der Waals surface area (Å²) < 4.78 is 1.79. The van der Waals surface area contributed by atoms with E-state index < -0.39 is 0 Å². The Balaban J connectivity index is 1.67. The van der Waals surface area contributed by atoms with Crippen molar-refractivity contribution in [1.29, 1.82) is 0 Å². The molecule has 0 bridgehead atoms. The van der Waals surface area contributed by atoms with E-state index in [9.17, 15) is 9.59 Å². The number of amides is 2. The maximum absolute atomic E-state index is 12.5. The number of hydrogen-bond acceptors (Lipinski definition) is 4. The van der Waals surface area contributed by atoms with Gasteiger partial charge in [0.05, 0.1) is 10.6 Å². The summed E-state index contributed by atoms with van der Waals surface area (Å²) in [5, 5.41) is 11.1. The highest BCUT2D eigenvalue weighted by molar-refractivity contribution is 7.20. The van der Waals surface area contributed by atoms with Crippen molar-refractivity contribution in [3.05, 3.63) is 40.9 Å². The van der Waals surface area contributed by atoms with Gasteiger partial charge in [0.15, 0.2) is 0 Å². The Morgan fingerprint density at radius 2 is 1.77 bits per heavy atom. The van der Waals surface area contributed by atoms with Gasteiger partial charge in [-0.1, -0.05) is 13.8 Å². The monoisotopic (exact) mass is 370 g/mol. The first-order valence-corrected chi connectivity index (χ1v) is 9.29. The van der Waals surface area contributed by atoms with Crippen molar-refractivity contribution in [3.63, 3.8) is 0 Å². The van der Waals surface area contributed by atoms with Crippen LogP contribution in [-0.4, -0.2) is 21.6 Å². The van der Waals surface area contributed by atoms with Gasteiger partial charge in [-0.3, -0.25) is 14.3 Å². The molecule has 7 heteroatoms. The number of rotatable bonds is 5. The summed E-state index contributed by atoms with van der Waals surface area (Å²) in [5.74, 6) is 0.155. The van der Waals surface area contributed by atoms with E-state index in [-0.39, 0.29) is 11.8 Å². The van der Waals surface area contributed by atoms with Crippen LogP contribution in [0.25, 0.3) is 10.2 Å². The van der Waals surface area contributed by atoms with Gasteiger partial charge in [0, 0.05) is 30.2 Å². The predicted octanol–water partition coefficient (Wildman–Crippen LogP) is 4.18. The molecule has 0 radical (unpaired) electrons. The SMILES string of the molecule is Cc1nn(C)c2sc(C(=O)Nc3ccc(NC(=O)CC(C)C)cc3)cc12. The molecule has 3 rings (SSSR count). The molecule has 0 unspecified atom stereocenters. The van der Waals surface area contributed by atoms with E-state index in [4.69, 9.17) is 0 Å². The number of nitrogens with one attached hydrogen (secondary N) is 2. The Hall–Kier alpha value is -2.67. The standard InChI is InChI=1S/C19H22N4O2S/c1-11(2)9-17(24)20-13-5-7-14(8-6-13)21-18(25)16-10-15-12(3)22-23(4)19(15)26-16/h5-8,10-11H,9H2,1-4H3,(H,20,24)(H,21,25).